The van der Waals surface area contributed by atoms with E-state index < -0.39 is 0 Å². The molecule has 2 fully saturated rings. The van der Waals surface area contributed by atoms with Crippen LogP contribution >= 0.6 is 0 Å². The third kappa shape index (κ3) is 1.97. The molecular formula is C15H19NO. The second kappa shape index (κ2) is 4.52. The molecule has 0 radical (unpaired) electrons. The van der Waals surface area contributed by atoms with E-state index in [0.29, 0.717) is 17.9 Å². The SMILES string of the molecule is O=C1CCC(c2ccccc2)C2CCCCN12. The minimum Gasteiger partial charge on any atom is -0.339 e. The van der Waals surface area contributed by atoms with Gasteiger partial charge in [-0.1, -0.05) is 30.3 Å². The fourth-order valence-electron chi connectivity index (χ4n) is 3.39. The molecule has 3 rings (SSSR count). The Morgan fingerprint density at radius 3 is 2.71 bits per heavy atom. The third-order valence-corrected chi connectivity index (χ3v) is 4.23. The van der Waals surface area contributed by atoms with Gasteiger partial charge in [0.15, 0.2) is 0 Å². The Bertz CT molecular complexity index is 401. The van der Waals surface area contributed by atoms with Crippen molar-refractivity contribution < 1.29 is 4.79 Å². The van der Waals surface area contributed by atoms with Crippen molar-refractivity contribution in [3.05, 3.63) is 35.9 Å². The number of rotatable bonds is 1. The lowest BCUT2D eigenvalue weighted by atomic mass is 9.79. The Kier molecular flexibility index (Phi) is 2.87. The highest BCUT2D eigenvalue weighted by Crippen LogP contribution is 2.37. The summed E-state index contributed by atoms with van der Waals surface area (Å²) in [6.07, 6.45) is 5.41. The van der Waals surface area contributed by atoms with Crippen molar-refractivity contribution in [2.75, 3.05) is 6.54 Å². The third-order valence-electron chi connectivity index (χ3n) is 4.23. The van der Waals surface area contributed by atoms with Crippen LogP contribution in [0.25, 0.3) is 0 Å². The van der Waals surface area contributed by atoms with Crippen LogP contribution in [0.5, 0.6) is 0 Å². The predicted molar refractivity (Wildman–Crippen MR) is 67.8 cm³/mol. The van der Waals surface area contributed by atoms with Gasteiger partial charge in [0, 0.05) is 24.9 Å². The first-order chi connectivity index (χ1) is 8.36. The number of hydrogen-bond acceptors (Lipinski definition) is 1. The molecular weight excluding hydrogens is 210 g/mol. The van der Waals surface area contributed by atoms with Crippen LogP contribution in [0.15, 0.2) is 30.3 Å². The average molecular weight is 229 g/mol. The molecule has 0 N–H and O–H groups in total. The van der Waals surface area contributed by atoms with Gasteiger partial charge in [-0.3, -0.25) is 4.79 Å². The second-order valence-corrected chi connectivity index (χ2v) is 5.21. The number of amides is 1. The van der Waals surface area contributed by atoms with Crippen molar-refractivity contribution in [1.82, 2.24) is 4.90 Å². The highest BCUT2D eigenvalue weighted by atomic mass is 16.2. The molecule has 2 aliphatic heterocycles. The Labute approximate surface area is 103 Å². The zero-order valence-corrected chi connectivity index (χ0v) is 10.1. The van der Waals surface area contributed by atoms with Crippen molar-refractivity contribution in [2.24, 2.45) is 0 Å². The van der Waals surface area contributed by atoms with Crippen LogP contribution in [0, 0.1) is 0 Å². The molecule has 1 aromatic carbocycles. The van der Waals surface area contributed by atoms with E-state index in [1.807, 2.05) is 0 Å². The van der Waals surface area contributed by atoms with Gasteiger partial charge in [-0.25, -0.2) is 0 Å². The van der Waals surface area contributed by atoms with E-state index in [4.69, 9.17) is 0 Å². The lowest BCUT2D eigenvalue weighted by Gasteiger charge is -2.44. The first-order valence-corrected chi connectivity index (χ1v) is 6.70. The molecule has 0 aromatic heterocycles. The molecule has 0 saturated carbocycles. The smallest absolute Gasteiger partial charge is 0.222 e. The predicted octanol–water partition coefficient (Wildman–Crippen LogP) is 2.95. The summed E-state index contributed by atoms with van der Waals surface area (Å²) in [5.41, 5.74) is 1.41. The molecule has 90 valence electrons. The fraction of sp³-hybridized carbons (Fsp3) is 0.533. The largest absolute Gasteiger partial charge is 0.339 e. The highest BCUT2D eigenvalue weighted by molar-refractivity contribution is 5.78. The standard InChI is InChI=1S/C15H19NO/c17-15-10-9-13(12-6-2-1-3-7-12)14-8-4-5-11-16(14)15/h1-3,6-7,13-14H,4-5,8-11H2. The molecule has 2 saturated heterocycles. The van der Waals surface area contributed by atoms with Gasteiger partial charge < -0.3 is 4.90 Å². The average Bonchev–Trinajstić information content (AvgIpc) is 2.41. The molecule has 2 aliphatic rings. The Morgan fingerprint density at radius 1 is 1.06 bits per heavy atom. The van der Waals surface area contributed by atoms with Crippen molar-refractivity contribution in [2.45, 2.75) is 44.1 Å². The van der Waals surface area contributed by atoms with Crippen LogP contribution in [-0.2, 0) is 4.79 Å². The quantitative estimate of drug-likeness (QED) is 0.725. The van der Waals surface area contributed by atoms with E-state index >= 15 is 0 Å². The summed E-state index contributed by atoms with van der Waals surface area (Å²) in [4.78, 5) is 14.1. The fourth-order valence-corrected chi connectivity index (χ4v) is 3.39. The van der Waals surface area contributed by atoms with Crippen LogP contribution in [0.4, 0.5) is 0 Å². The van der Waals surface area contributed by atoms with Crippen molar-refractivity contribution in [3.63, 3.8) is 0 Å². The summed E-state index contributed by atoms with van der Waals surface area (Å²) < 4.78 is 0. The number of benzene rings is 1. The molecule has 2 heterocycles. The molecule has 1 amide bonds. The van der Waals surface area contributed by atoms with Gasteiger partial charge in [0.25, 0.3) is 0 Å². The maximum atomic E-state index is 11.9. The Morgan fingerprint density at radius 2 is 1.88 bits per heavy atom. The summed E-state index contributed by atoms with van der Waals surface area (Å²) >= 11 is 0. The minimum absolute atomic E-state index is 0.377. The maximum Gasteiger partial charge on any atom is 0.222 e. The second-order valence-electron chi connectivity index (χ2n) is 5.21. The van der Waals surface area contributed by atoms with Gasteiger partial charge in [-0.05, 0) is 31.2 Å². The van der Waals surface area contributed by atoms with E-state index in [0.717, 1.165) is 19.4 Å². The van der Waals surface area contributed by atoms with Gasteiger partial charge in [0.2, 0.25) is 5.91 Å². The number of hydrogen-bond donors (Lipinski definition) is 0. The van der Waals surface area contributed by atoms with Gasteiger partial charge in [0.1, 0.15) is 0 Å². The molecule has 17 heavy (non-hydrogen) atoms. The van der Waals surface area contributed by atoms with Gasteiger partial charge in [0.05, 0.1) is 0 Å². The van der Waals surface area contributed by atoms with Crippen LogP contribution in [0.1, 0.15) is 43.6 Å². The van der Waals surface area contributed by atoms with Crippen molar-refractivity contribution >= 4 is 5.91 Å². The topological polar surface area (TPSA) is 20.3 Å². The minimum atomic E-state index is 0.377. The monoisotopic (exact) mass is 229 g/mol. The summed E-state index contributed by atoms with van der Waals surface area (Å²) in [5.74, 6) is 0.941. The molecule has 0 bridgehead atoms. The number of fused-ring (bicyclic) bond motifs is 1. The van der Waals surface area contributed by atoms with E-state index in [2.05, 4.69) is 35.2 Å². The molecule has 2 atom stereocenters. The molecule has 2 unspecified atom stereocenters. The molecule has 2 heteroatoms. The zero-order valence-electron chi connectivity index (χ0n) is 10.1. The van der Waals surface area contributed by atoms with Crippen LogP contribution in [-0.4, -0.2) is 23.4 Å². The molecule has 0 aliphatic carbocycles. The van der Waals surface area contributed by atoms with Crippen LogP contribution in [0.2, 0.25) is 0 Å². The molecule has 1 aromatic rings. The van der Waals surface area contributed by atoms with Crippen molar-refractivity contribution in [3.8, 4) is 0 Å². The van der Waals surface area contributed by atoms with Crippen LogP contribution in [0.3, 0.4) is 0 Å². The van der Waals surface area contributed by atoms with Crippen molar-refractivity contribution in [1.29, 1.82) is 0 Å². The lowest BCUT2D eigenvalue weighted by molar-refractivity contribution is -0.138. The number of piperidine rings is 2. The Hall–Kier alpha value is -1.31. The van der Waals surface area contributed by atoms with E-state index in [1.54, 1.807) is 0 Å². The normalized spacial score (nSPS) is 28.9. The maximum absolute atomic E-state index is 11.9. The summed E-state index contributed by atoms with van der Waals surface area (Å²) in [5, 5.41) is 0. The summed E-state index contributed by atoms with van der Waals surface area (Å²) in [6.45, 7) is 0.979. The van der Waals surface area contributed by atoms with E-state index in [-0.39, 0.29) is 0 Å². The first kappa shape index (κ1) is 10.8. The Balaban J connectivity index is 1.87. The first-order valence-electron chi connectivity index (χ1n) is 6.70. The summed E-state index contributed by atoms with van der Waals surface area (Å²) in [7, 11) is 0. The molecule has 2 nitrogen and oxygen atoms in total. The van der Waals surface area contributed by atoms with Crippen LogP contribution < -0.4 is 0 Å². The zero-order chi connectivity index (χ0) is 11.7. The lowest BCUT2D eigenvalue weighted by Crippen LogP contribution is -2.50. The van der Waals surface area contributed by atoms with Gasteiger partial charge in [-0.2, -0.15) is 0 Å². The highest BCUT2D eigenvalue weighted by Gasteiger charge is 2.37. The van der Waals surface area contributed by atoms with Gasteiger partial charge in [-0.15, -0.1) is 0 Å². The summed E-state index contributed by atoms with van der Waals surface area (Å²) in [6, 6.07) is 11.2. The van der Waals surface area contributed by atoms with E-state index in [1.165, 1.54) is 24.8 Å². The number of carbonyl (C=O) groups is 1. The number of nitrogens with zero attached hydrogens (tertiary/aromatic N) is 1. The van der Waals surface area contributed by atoms with Gasteiger partial charge >= 0.3 is 0 Å². The number of carbonyl (C=O) groups excluding carboxylic acids is 1. The van der Waals surface area contributed by atoms with E-state index in [9.17, 15) is 4.79 Å². The molecule has 0 spiro atoms.